The molecule has 0 unspecified atom stereocenters. The molecule has 0 aliphatic rings. The summed E-state index contributed by atoms with van der Waals surface area (Å²) in [6, 6.07) is 12.9. The fourth-order valence-corrected chi connectivity index (χ4v) is 3.61. The summed E-state index contributed by atoms with van der Waals surface area (Å²) in [7, 11) is 0. The first-order valence-corrected chi connectivity index (χ1v) is 8.16. The van der Waals surface area contributed by atoms with E-state index in [-0.39, 0.29) is 5.91 Å². The van der Waals surface area contributed by atoms with E-state index in [1.54, 1.807) is 12.1 Å². The number of hydrogen-bond donors (Lipinski definition) is 0. The van der Waals surface area contributed by atoms with Crippen LogP contribution < -0.4 is 4.80 Å². The highest BCUT2D eigenvalue weighted by Crippen LogP contribution is 2.21. The number of hydrogen-bond acceptors (Lipinski definition) is 2. The Morgan fingerprint density at radius 1 is 1.35 bits per heavy atom. The van der Waals surface area contributed by atoms with Crippen molar-refractivity contribution in [3.8, 4) is 12.3 Å². The molecular weight excluding hydrogens is 328 g/mol. The largest absolute Gasteiger partial charge is 0.305 e. The lowest BCUT2D eigenvalue weighted by Crippen LogP contribution is -2.16. The third-order valence-electron chi connectivity index (χ3n) is 3.36. The van der Waals surface area contributed by atoms with Crippen LogP contribution in [-0.4, -0.2) is 10.5 Å². The molecule has 0 bridgehead atoms. The highest BCUT2D eigenvalue weighted by molar-refractivity contribution is 7.16. The fraction of sp³-hybridized carbons (Fsp3) is 0.111. The Kier molecular flexibility index (Phi) is 4.33. The van der Waals surface area contributed by atoms with E-state index in [9.17, 15) is 4.79 Å². The number of halogens is 1. The Morgan fingerprint density at radius 3 is 2.91 bits per heavy atom. The molecule has 0 radical (unpaired) electrons. The minimum atomic E-state index is -0.280. The van der Waals surface area contributed by atoms with Crippen molar-refractivity contribution in [3.05, 3.63) is 63.4 Å². The van der Waals surface area contributed by atoms with Gasteiger partial charge in [0.05, 0.1) is 16.8 Å². The summed E-state index contributed by atoms with van der Waals surface area (Å²) in [4.78, 5) is 17.3. The molecule has 3 nitrogen and oxygen atoms in total. The number of amides is 1. The summed E-state index contributed by atoms with van der Waals surface area (Å²) in [5.41, 5.74) is 2.51. The van der Waals surface area contributed by atoms with Gasteiger partial charge in [-0.05, 0) is 37.3 Å². The molecule has 0 aliphatic heterocycles. The Balaban J connectivity index is 2.16. The Labute approximate surface area is 142 Å². The number of benzene rings is 2. The molecule has 0 spiro atoms. The molecule has 2 aromatic carbocycles. The molecule has 114 valence electrons. The quantitative estimate of drug-likeness (QED) is 0.648. The number of carbonyl (C=O) groups is 1. The molecule has 5 heteroatoms. The van der Waals surface area contributed by atoms with Crippen LogP contribution in [0.15, 0.2) is 47.5 Å². The van der Waals surface area contributed by atoms with Gasteiger partial charge in [-0.2, -0.15) is 4.99 Å². The van der Waals surface area contributed by atoms with E-state index in [1.807, 2.05) is 41.8 Å². The Morgan fingerprint density at radius 2 is 2.17 bits per heavy atom. The van der Waals surface area contributed by atoms with Gasteiger partial charge in [-0.25, -0.2) is 0 Å². The van der Waals surface area contributed by atoms with E-state index >= 15 is 0 Å². The van der Waals surface area contributed by atoms with E-state index in [0.29, 0.717) is 21.9 Å². The maximum atomic E-state index is 12.4. The van der Waals surface area contributed by atoms with Gasteiger partial charge in [0, 0.05) is 10.6 Å². The summed E-state index contributed by atoms with van der Waals surface area (Å²) in [6.45, 7) is 2.29. The second-order valence-electron chi connectivity index (χ2n) is 5.07. The zero-order valence-corrected chi connectivity index (χ0v) is 14.0. The number of aromatic nitrogens is 1. The zero-order valence-electron chi connectivity index (χ0n) is 12.4. The summed E-state index contributed by atoms with van der Waals surface area (Å²) < 4.78 is 2.80. The summed E-state index contributed by atoms with van der Waals surface area (Å²) >= 11 is 7.44. The number of carbonyl (C=O) groups excluding carboxylic acids is 1. The van der Waals surface area contributed by atoms with Crippen molar-refractivity contribution in [2.75, 3.05) is 0 Å². The van der Waals surface area contributed by atoms with Crippen LogP contribution in [0.4, 0.5) is 0 Å². The van der Waals surface area contributed by atoms with Crippen molar-refractivity contribution in [1.29, 1.82) is 0 Å². The third kappa shape index (κ3) is 3.21. The van der Waals surface area contributed by atoms with E-state index in [1.165, 1.54) is 11.3 Å². The van der Waals surface area contributed by atoms with Crippen LogP contribution in [0.25, 0.3) is 10.2 Å². The number of aryl methyl sites for hydroxylation is 1. The highest BCUT2D eigenvalue weighted by atomic mass is 35.5. The van der Waals surface area contributed by atoms with E-state index in [4.69, 9.17) is 18.0 Å². The monoisotopic (exact) mass is 340 g/mol. The van der Waals surface area contributed by atoms with Gasteiger partial charge in [0.15, 0.2) is 4.80 Å². The second kappa shape index (κ2) is 6.41. The first-order valence-electron chi connectivity index (χ1n) is 6.96. The average molecular weight is 341 g/mol. The maximum absolute atomic E-state index is 12.4. The van der Waals surface area contributed by atoms with Gasteiger partial charge in [-0.3, -0.25) is 4.79 Å². The Hall–Kier alpha value is -2.35. The second-order valence-corrected chi connectivity index (χ2v) is 6.52. The summed E-state index contributed by atoms with van der Waals surface area (Å²) in [5.74, 6) is 2.32. The van der Waals surface area contributed by atoms with Crippen LogP contribution in [-0.2, 0) is 6.54 Å². The number of fused-ring (bicyclic) bond motifs is 1. The molecule has 1 amide bonds. The lowest BCUT2D eigenvalue weighted by molar-refractivity contribution is 0.0998. The van der Waals surface area contributed by atoms with Gasteiger partial charge in [0.25, 0.3) is 5.91 Å². The molecule has 3 aromatic rings. The predicted molar refractivity (Wildman–Crippen MR) is 94.7 cm³/mol. The molecule has 3 rings (SSSR count). The number of terminal acetylenes is 1. The minimum absolute atomic E-state index is 0.280. The topological polar surface area (TPSA) is 34.4 Å². The number of rotatable bonds is 2. The molecular formula is C18H13ClN2OS. The van der Waals surface area contributed by atoms with Crippen LogP contribution >= 0.6 is 22.9 Å². The van der Waals surface area contributed by atoms with Gasteiger partial charge < -0.3 is 4.57 Å². The SMILES string of the molecule is C#CCn1c(=NC(=O)c2cccc(C)c2)sc2cc(Cl)ccc21. The van der Waals surface area contributed by atoms with Gasteiger partial charge >= 0.3 is 0 Å². The van der Waals surface area contributed by atoms with Crippen molar-refractivity contribution in [2.45, 2.75) is 13.5 Å². The molecule has 0 fully saturated rings. The van der Waals surface area contributed by atoms with E-state index in [0.717, 1.165) is 15.8 Å². The third-order valence-corrected chi connectivity index (χ3v) is 4.63. The van der Waals surface area contributed by atoms with Crippen molar-refractivity contribution in [3.63, 3.8) is 0 Å². The minimum Gasteiger partial charge on any atom is -0.305 e. The van der Waals surface area contributed by atoms with Gasteiger partial charge in [0.2, 0.25) is 0 Å². The zero-order chi connectivity index (χ0) is 16.4. The molecule has 0 aliphatic carbocycles. The molecule has 23 heavy (non-hydrogen) atoms. The van der Waals surface area contributed by atoms with Crippen LogP contribution in [0.3, 0.4) is 0 Å². The summed E-state index contributed by atoms with van der Waals surface area (Å²) in [5, 5.41) is 0.642. The molecule has 0 atom stereocenters. The normalized spacial score (nSPS) is 11.6. The maximum Gasteiger partial charge on any atom is 0.279 e. The fourth-order valence-electron chi connectivity index (χ4n) is 2.31. The van der Waals surface area contributed by atoms with Crippen LogP contribution in [0, 0.1) is 19.3 Å². The van der Waals surface area contributed by atoms with Crippen LogP contribution in [0.5, 0.6) is 0 Å². The average Bonchev–Trinajstić information content (AvgIpc) is 2.84. The standard InChI is InChI=1S/C18H13ClN2OS/c1-3-9-21-15-8-7-14(19)11-16(15)23-18(21)20-17(22)13-6-4-5-12(2)10-13/h1,4-8,10-11H,9H2,2H3. The van der Waals surface area contributed by atoms with Gasteiger partial charge in [0.1, 0.15) is 0 Å². The molecule has 0 N–H and O–H groups in total. The highest BCUT2D eigenvalue weighted by Gasteiger charge is 2.09. The number of thiazole rings is 1. The first-order chi connectivity index (χ1) is 11.1. The predicted octanol–water partition coefficient (Wildman–Crippen LogP) is 4.04. The van der Waals surface area contributed by atoms with E-state index in [2.05, 4.69) is 10.9 Å². The smallest absolute Gasteiger partial charge is 0.279 e. The van der Waals surface area contributed by atoms with Crippen molar-refractivity contribution < 1.29 is 4.79 Å². The van der Waals surface area contributed by atoms with Crippen LogP contribution in [0.2, 0.25) is 5.02 Å². The van der Waals surface area contributed by atoms with E-state index < -0.39 is 0 Å². The summed E-state index contributed by atoms with van der Waals surface area (Å²) in [6.07, 6.45) is 5.45. The molecule has 0 saturated heterocycles. The van der Waals surface area contributed by atoms with Gasteiger partial charge in [-0.15, -0.1) is 6.42 Å². The molecule has 0 saturated carbocycles. The first kappa shape index (κ1) is 15.5. The van der Waals surface area contributed by atoms with Crippen LogP contribution in [0.1, 0.15) is 15.9 Å². The Bertz CT molecular complexity index is 1010. The molecule has 1 aromatic heterocycles. The van der Waals surface area contributed by atoms with Crippen molar-refractivity contribution in [1.82, 2.24) is 4.57 Å². The van der Waals surface area contributed by atoms with Crippen molar-refractivity contribution in [2.24, 2.45) is 4.99 Å². The number of nitrogens with zero attached hydrogens (tertiary/aromatic N) is 2. The van der Waals surface area contributed by atoms with Crippen molar-refractivity contribution >= 4 is 39.1 Å². The molecule has 1 heterocycles. The van der Waals surface area contributed by atoms with Gasteiger partial charge in [-0.1, -0.05) is 46.6 Å². The lowest BCUT2D eigenvalue weighted by Gasteiger charge is -2.00. The lowest BCUT2D eigenvalue weighted by atomic mass is 10.1.